The van der Waals surface area contributed by atoms with E-state index in [4.69, 9.17) is 4.52 Å². The topological polar surface area (TPSA) is 72.1 Å². The van der Waals surface area contributed by atoms with Crippen LogP contribution in [0, 0.1) is 19.8 Å². The Morgan fingerprint density at radius 3 is 2.77 bits per heavy atom. The highest BCUT2D eigenvalue weighted by atomic mass is 16.5. The van der Waals surface area contributed by atoms with Crippen molar-refractivity contribution in [3.8, 4) is 11.3 Å². The lowest BCUT2D eigenvalue weighted by Gasteiger charge is -2.14. The predicted octanol–water partition coefficient (Wildman–Crippen LogP) is 2.16. The van der Waals surface area contributed by atoms with Crippen LogP contribution in [0.25, 0.3) is 11.3 Å². The number of rotatable bonds is 3. The first-order chi connectivity index (χ1) is 10.6. The second-order valence-electron chi connectivity index (χ2n) is 5.87. The van der Waals surface area contributed by atoms with Gasteiger partial charge in [-0.05, 0) is 32.6 Å². The first kappa shape index (κ1) is 14.7. The van der Waals surface area contributed by atoms with Crippen molar-refractivity contribution in [3.05, 3.63) is 29.5 Å². The fourth-order valence-electron chi connectivity index (χ4n) is 3.10. The zero-order chi connectivity index (χ0) is 15.7. The molecule has 1 aliphatic rings. The van der Waals surface area contributed by atoms with Gasteiger partial charge in [-0.25, -0.2) is 0 Å². The molecular formula is C16H20N4O2. The van der Waals surface area contributed by atoms with Gasteiger partial charge in [-0.3, -0.25) is 14.8 Å². The van der Waals surface area contributed by atoms with Crippen molar-refractivity contribution in [2.45, 2.75) is 33.6 Å². The summed E-state index contributed by atoms with van der Waals surface area (Å²) in [4.78, 5) is 22.4. The molecule has 0 aliphatic carbocycles. The standard InChI is InChI=1S/C16H20N4O2/c1-10-15(11(2)22-19-10)16-14(17-5-6-18-16)8-13-4-7-20(9-13)12(3)21/h5-6,13H,4,7-9H2,1-3H3. The molecule has 2 aromatic heterocycles. The molecule has 116 valence electrons. The summed E-state index contributed by atoms with van der Waals surface area (Å²) >= 11 is 0. The van der Waals surface area contributed by atoms with E-state index in [-0.39, 0.29) is 5.91 Å². The zero-order valence-corrected chi connectivity index (χ0v) is 13.2. The van der Waals surface area contributed by atoms with Crippen molar-refractivity contribution in [3.63, 3.8) is 0 Å². The van der Waals surface area contributed by atoms with Gasteiger partial charge in [-0.1, -0.05) is 5.16 Å². The summed E-state index contributed by atoms with van der Waals surface area (Å²) in [6.07, 6.45) is 5.24. The third kappa shape index (κ3) is 2.73. The number of hydrogen-bond donors (Lipinski definition) is 0. The van der Waals surface area contributed by atoms with E-state index in [0.29, 0.717) is 5.92 Å². The summed E-state index contributed by atoms with van der Waals surface area (Å²) in [5, 5.41) is 4.01. The Bertz CT molecular complexity index is 676. The van der Waals surface area contributed by atoms with Crippen molar-refractivity contribution in [2.75, 3.05) is 13.1 Å². The Morgan fingerprint density at radius 1 is 1.36 bits per heavy atom. The maximum absolute atomic E-state index is 11.5. The van der Waals surface area contributed by atoms with Gasteiger partial charge in [-0.15, -0.1) is 0 Å². The monoisotopic (exact) mass is 300 g/mol. The summed E-state index contributed by atoms with van der Waals surface area (Å²) < 4.78 is 5.25. The minimum atomic E-state index is 0.146. The maximum atomic E-state index is 11.5. The van der Waals surface area contributed by atoms with Crippen LogP contribution < -0.4 is 0 Å². The van der Waals surface area contributed by atoms with Crippen molar-refractivity contribution >= 4 is 5.91 Å². The van der Waals surface area contributed by atoms with Gasteiger partial charge >= 0.3 is 0 Å². The molecule has 0 saturated carbocycles. The number of aromatic nitrogens is 3. The molecule has 2 aromatic rings. The lowest BCUT2D eigenvalue weighted by Crippen LogP contribution is -2.26. The van der Waals surface area contributed by atoms with Crippen LogP contribution in [0.4, 0.5) is 0 Å². The molecule has 1 atom stereocenters. The van der Waals surface area contributed by atoms with Crippen LogP contribution in [0.1, 0.15) is 30.5 Å². The van der Waals surface area contributed by atoms with Gasteiger partial charge < -0.3 is 9.42 Å². The van der Waals surface area contributed by atoms with Crippen molar-refractivity contribution in [1.82, 2.24) is 20.0 Å². The molecule has 6 nitrogen and oxygen atoms in total. The second-order valence-corrected chi connectivity index (χ2v) is 5.87. The van der Waals surface area contributed by atoms with Gasteiger partial charge in [0.25, 0.3) is 0 Å². The molecule has 0 N–H and O–H groups in total. The van der Waals surface area contributed by atoms with Crippen LogP contribution in [0.2, 0.25) is 0 Å². The van der Waals surface area contributed by atoms with Crippen LogP contribution >= 0.6 is 0 Å². The molecule has 3 rings (SSSR count). The van der Waals surface area contributed by atoms with Gasteiger partial charge in [0.15, 0.2) is 0 Å². The fourth-order valence-corrected chi connectivity index (χ4v) is 3.10. The van der Waals surface area contributed by atoms with E-state index in [1.165, 1.54) is 0 Å². The third-order valence-electron chi connectivity index (χ3n) is 4.26. The number of likely N-dealkylation sites (tertiary alicyclic amines) is 1. The van der Waals surface area contributed by atoms with Crippen LogP contribution in [-0.2, 0) is 11.2 Å². The Labute approximate surface area is 129 Å². The van der Waals surface area contributed by atoms with Crippen molar-refractivity contribution in [2.24, 2.45) is 5.92 Å². The average molecular weight is 300 g/mol. The molecule has 6 heteroatoms. The van der Waals surface area contributed by atoms with Gasteiger partial charge in [0.05, 0.1) is 22.6 Å². The van der Waals surface area contributed by atoms with E-state index in [0.717, 1.165) is 54.3 Å². The second kappa shape index (κ2) is 5.87. The molecule has 0 aromatic carbocycles. The summed E-state index contributed by atoms with van der Waals surface area (Å²) in [6, 6.07) is 0. The normalized spacial score (nSPS) is 18.0. The lowest BCUT2D eigenvalue weighted by atomic mass is 9.98. The van der Waals surface area contributed by atoms with Gasteiger partial charge in [0.2, 0.25) is 5.91 Å². The van der Waals surface area contributed by atoms with E-state index in [1.807, 2.05) is 18.7 Å². The van der Waals surface area contributed by atoms with Crippen LogP contribution in [0.5, 0.6) is 0 Å². The highest BCUT2D eigenvalue weighted by Gasteiger charge is 2.26. The number of nitrogens with zero attached hydrogens (tertiary/aromatic N) is 4. The Morgan fingerprint density at radius 2 is 2.14 bits per heavy atom. The number of hydrogen-bond acceptors (Lipinski definition) is 5. The van der Waals surface area contributed by atoms with E-state index < -0.39 is 0 Å². The molecule has 22 heavy (non-hydrogen) atoms. The van der Waals surface area contributed by atoms with Crippen molar-refractivity contribution in [1.29, 1.82) is 0 Å². The lowest BCUT2D eigenvalue weighted by molar-refractivity contribution is -0.127. The molecule has 1 saturated heterocycles. The molecule has 1 aliphatic heterocycles. The smallest absolute Gasteiger partial charge is 0.219 e. The minimum absolute atomic E-state index is 0.146. The molecule has 0 bridgehead atoms. The first-order valence-corrected chi connectivity index (χ1v) is 7.55. The number of amides is 1. The third-order valence-corrected chi connectivity index (χ3v) is 4.26. The summed E-state index contributed by atoms with van der Waals surface area (Å²) in [5.74, 6) is 1.34. The van der Waals surface area contributed by atoms with E-state index >= 15 is 0 Å². The van der Waals surface area contributed by atoms with Gasteiger partial charge in [0.1, 0.15) is 5.76 Å². The quantitative estimate of drug-likeness (QED) is 0.868. The predicted molar refractivity (Wildman–Crippen MR) is 81.1 cm³/mol. The van der Waals surface area contributed by atoms with Gasteiger partial charge in [0, 0.05) is 32.4 Å². The van der Waals surface area contributed by atoms with Crippen molar-refractivity contribution < 1.29 is 9.32 Å². The summed E-state index contributed by atoms with van der Waals surface area (Å²) in [5.41, 5.74) is 3.56. The van der Waals surface area contributed by atoms with Crippen LogP contribution in [0.15, 0.2) is 16.9 Å². The summed E-state index contributed by atoms with van der Waals surface area (Å²) in [7, 11) is 0. The number of aryl methyl sites for hydroxylation is 2. The summed E-state index contributed by atoms with van der Waals surface area (Å²) in [6.45, 7) is 7.06. The van der Waals surface area contributed by atoms with E-state index in [2.05, 4.69) is 15.1 Å². The molecular weight excluding hydrogens is 280 g/mol. The minimum Gasteiger partial charge on any atom is -0.361 e. The molecule has 1 fully saturated rings. The first-order valence-electron chi connectivity index (χ1n) is 7.55. The maximum Gasteiger partial charge on any atom is 0.219 e. The fraction of sp³-hybridized carbons (Fsp3) is 0.500. The molecule has 3 heterocycles. The largest absolute Gasteiger partial charge is 0.361 e. The van der Waals surface area contributed by atoms with Crippen LogP contribution in [0.3, 0.4) is 0 Å². The molecule has 0 spiro atoms. The Kier molecular flexibility index (Phi) is 3.92. The van der Waals surface area contributed by atoms with E-state index in [1.54, 1.807) is 19.3 Å². The average Bonchev–Trinajstić information content (AvgIpc) is 3.08. The molecule has 1 unspecified atom stereocenters. The Balaban J connectivity index is 1.85. The van der Waals surface area contributed by atoms with Crippen LogP contribution in [-0.4, -0.2) is 39.0 Å². The Hall–Kier alpha value is -2.24. The SMILES string of the molecule is CC(=O)N1CCC(Cc2nccnc2-c2c(C)noc2C)C1. The number of carbonyl (C=O) groups excluding carboxylic acids is 1. The highest BCUT2D eigenvalue weighted by molar-refractivity contribution is 5.73. The zero-order valence-electron chi connectivity index (χ0n) is 13.2. The van der Waals surface area contributed by atoms with Gasteiger partial charge in [-0.2, -0.15) is 0 Å². The molecule has 0 radical (unpaired) electrons. The van der Waals surface area contributed by atoms with E-state index in [9.17, 15) is 4.79 Å². The number of carbonyl (C=O) groups is 1. The molecule has 1 amide bonds. The highest BCUT2D eigenvalue weighted by Crippen LogP contribution is 2.29.